The number of halogens is 2. The molecule has 3 nitrogen and oxygen atoms in total. The first-order chi connectivity index (χ1) is 13.3. The second-order valence-corrected chi connectivity index (χ2v) is 9.41. The van der Waals surface area contributed by atoms with Crippen LogP contribution in [0.4, 0.5) is 5.69 Å². The molecule has 2 atom stereocenters. The molecule has 4 rings (SSSR count). The number of benzene rings is 2. The highest BCUT2D eigenvalue weighted by Gasteiger charge is 2.47. The van der Waals surface area contributed by atoms with Gasteiger partial charge in [-0.25, -0.2) is 5.01 Å². The summed E-state index contributed by atoms with van der Waals surface area (Å²) < 4.78 is 0. The molecule has 1 aliphatic heterocycles. The SMILES string of the molecule is CC1(C)CCC[C@H]2C1=NN(C(=S)Nc1ccc(Cl)cc1)[C@H]2c1ccc(Cl)cc1. The van der Waals surface area contributed by atoms with E-state index in [2.05, 4.69) is 31.3 Å². The Labute approximate surface area is 181 Å². The Hall–Kier alpha value is -1.62. The number of hydrogen-bond acceptors (Lipinski definition) is 2. The Balaban J connectivity index is 1.68. The minimum Gasteiger partial charge on any atom is -0.331 e. The number of nitrogens with one attached hydrogen (secondary N) is 1. The summed E-state index contributed by atoms with van der Waals surface area (Å²) in [5.74, 6) is 0.356. The van der Waals surface area contributed by atoms with Gasteiger partial charge >= 0.3 is 0 Å². The van der Waals surface area contributed by atoms with Crippen LogP contribution in [0.5, 0.6) is 0 Å². The smallest absolute Gasteiger partial charge is 0.194 e. The normalized spacial score (nSPS) is 23.1. The predicted molar refractivity (Wildman–Crippen MR) is 122 cm³/mol. The van der Waals surface area contributed by atoms with Crippen molar-refractivity contribution in [3.63, 3.8) is 0 Å². The second kappa shape index (κ2) is 7.66. The minimum absolute atomic E-state index is 0.0816. The van der Waals surface area contributed by atoms with E-state index in [0.29, 0.717) is 16.1 Å². The van der Waals surface area contributed by atoms with E-state index in [0.717, 1.165) is 23.6 Å². The van der Waals surface area contributed by atoms with Crippen LogP contribution in [0.3, 0.4) is 0 Å². The first-order valence-corrected chi connectivity index (χ1v) is 10.7. The predicted octanol–water partition coefficient (Wildman–Crippen LogP) is 6.93. The molecule has 0 amide bonds. The lowest BCUT2D eigenvalue weighted by Gasteiger charge is -2.36. The van der Waals surface area contributed by atoms with E-state index in [1.807, 2.05) is 41.4 Å². The van der Waals surface area contributed by atoms with Crippen molar-refractivity contribution in [1.29, 1.82) is 0 Å². The van der Waals surface area contributed by atoms with Gasteiger partial charge < -0.3 is 5.32 Å². The summed E-state index contributed by atoms with van der Waals surface area (Å²) in [5.41, 5.74) is 3.42. The first kappa shape index (κ1) is 19.7. The molecule has 0 aromatic heterocycles. The van der Waals surface area contributed by atoms with Crippen molar-refractivity contribution in [2.75, 3.05) is 5.32 Å². The number of fused-ring (bicyclic) bond motifs is 1. The number of thiocarbonyl (C=S) groups is 1. The van der Waals surface area contributed by atoms with E-state index in [1.54, 1.807) is 0 Å². The Morgan fingerprint density at radius 1 is 1.07 bits per heavy atom. The zero-order chi connectivity index (χ0) is 19.9. The average Bonchev–Trinajstić information content (AvgIpc) is 3.05. The molecule has 1 aliphatic carbocycles. The van der Waals surface area contributed by atoms with Crippen LogP contribution in [-0.4, -0.2) is 15.8 Å². The summed E-state index contributed by atoms with van der Waals surface area (Å²) in [7, 11) is 0. The van der Waals surface area contributed by atoms with Gasteiger partial charge in [0.25, 0.3) is 0 Å². The average molecular weight is 432 g/mol. The zero-order valence-electron chi connectivity index (χ0n) is 16.0. The number of anilines is 1. The van der Waals surface area contributed by atoms with Crippen LogP contribution in [-0.2, 0) is 0 Å². The van der Waals surface area contributed by atoms with Crippen molar-refractivity contribution in [1.82, 2.24) is 5.01 Å². The molecule has 6 heteroatoms. The molecule has 146 valence electrons. The number of nitrogens with zero attached hydrogens (tertiary/aromatic N) is 2. The van der Waals surface area contributed by atoms with Crippen molar-refractivity contribution in [3.8, 4) is 0 Å². The maximum Gasteiger partial charge on any atom is 0.194 e. The van der Waals surface area contributed by atoms with Gasteiger partial charge in [0.2, 0.25) is 0 Å². The third-order valence-corrected chi connectivity index (χ3v) is 6.53. The maximum absolute atomic E-state index is 6.13. The Morgan fingerprint density at radius 3 is 2.32 bits per heavy atom. The summed E-state index contributed by atoms with van der Waals surface area (Å²) in [6.45, 7) is 4.58. The van der Waals surface area contributed by atoms with Gasteiger partial charge in [-0.15, -0.1) is 0 Å². The fourth-order valence-corrected chi connectivity index (χ4v) is 4.84. The van der Waals surface area contributed by atoms with Crippen LogP contribution in [0, 0.1) is 11.3 Å². The highest BCUT2D eigenvalue weighted by atomic mass is 35.5. The summed E-state index contributed by atoms with van der Waals surface area (Å²) in [4.78, 5) is 0. The summed E-state index contributed by atoms with van der Waals surface area (Å²) >= 11 is 17.9. The van der Waals surface area contributed by atoms with Crippen LogP contribution in [0.2, 0.25) is 10.0 Å². The van der Waals surface area contributed by atoms with Gasteiger partial charge in [0.1, 0.15) is 0 Å². The highest BCUT2D eigenvalue weighted by molar-refractivity contribution is 7.80. The molecule has 1 heterocycles. The van der Waals surface area contributed by atoms with Crippen LogP contribution in [0.1, 0.15) is 44.7 Å². The van der Waals surface area contributed by atoms with Gasteiger partial charge in [0, 0.05) is 32.8 Å². The molecule has 0 spiro atoms. The van der Waals surface area contributed by atoms with E-state index in [1.165, 1.54) is 17.7 Å². The fourth-order valence-electron chi connectivity index (χ4n) is 4.32. The minimum atomic E-state index is 0.0816. The summed E-state index contributed by atoms with van der Waals surface area (Å²) in [6, 6.07) is 15.7. The third kappa shape index (κ3) is 3.78. The van der Waals surface area contributed by atoms with Gasteiger partial charge in [-0.05, 0) is 67.0 Å². The summed E-state index contributed by atoms with van der Waals surface area (Å²) in [6.07, 6.45) is 3.47. The van der Waals surface area contributed by atoms with Crippen LogP contribution >= 0.6 is 35.4 Å². The monoisotopic (exact) mass is 431 g/mol. The molecular formula is C22H23Cl2N3S. The van der Waals surface area contributed by atoms with E-state index in [9.17, 15) is 0 Å². The van der Waals surface area contributed by atoms with Gasteiger partial charge in [0.05, 0.1) is 6.04 Å². The van der Waals surface area contributed by atoms with E-state index < -0.39 is 0 Å². The van der Waals surface area contributed by atoms with Crippen LogP contribution < -0.4 is 5.32 Å². The van der Waals surface area contributed by atoms with Crippen molar-refractivity contribution in [2.24, 2.45) is 16.4 Å². The Bertz CT molecular complexity index is 906. The third-order valence-electron chi connectivity index (χ3n) is 5.74. The van der Waals surface area contributed by atoms with E-state index in [-0.39, 0.29) is 11.5 Å². The first-order valence-electron chi connectivity index (χ1n) is 9.55. The van der Waals surface area contributed by atoms with Crippen molar-refractivity contribution < 1.29 is 0 Å². The number of hydrazone groups is 1. The number of hydrogen-bond donors (Lipinski definition) is 1. The second-order valence-electron chi connectivity index (χ2n) is 8.15. The quantitative estimate of drug-likeness (QED) is 0.522. The standard InChI is InChI=1S/C22H23Cl2N3S/c1-22(2)13-3-4-18-19(14-5-7-15(23)8-6-14)27(26-20(18)22)21(28)25-17-11-9-16(24)10-12-17/h5-12,18-19H,3-4,13H2,1-2H3,(H,25,28)/t18-,19+/m1/s1. The maximum atomic E-state index is 6.13. The topological polar surface area (TPSA) is 27.6 Å². The van der Waals surface area contributed by atoms with Gasteiger partial charge in [0.15, 0.2) is 5.11 Å². The molecule has 2 aromatic carbocycles. The van der Waals surface area contributed by atoms with Crippen LogP contribution in [0.15, 0.2) is 53.6 Å². The lowest BCUT2D eigenvalue weighted by atomic mass is 9.68. The molecule has 28 heavy (non-hydrogen) atoms. The molecule has 0 bridgehead atoms. The molecule has 1 N–H and O–H groups in total. The van der Waals surface area contributed by atoms with Crippen LogP contribution in [0.25, 0.3) is 0 Å². The highest BCUT2D eigenvalue weighted by Crippen LogP contribution is 2.48. The van der Waals surface area contributed by atoms with Gasteiger partial charge in [-0.2, -0.15) is 5.10 Å². The zero-order valence-corrected chi connectivity index (χ0v) is 18.3. The molecule has 0 unspecified atom stereocenters. The molecule has 1 fully saturated rings. The Kier molecular flexibility index (Phi) is 5.38. The summed E-state index contributed by atoms with van der Waals surface area (Å²) in [5, 5.41) is 12.4. The van der Waals surface area contributed by atoms with Crippen molar-refractivity contribution >= 4 is 51.9 Å². The van der Waals surface area contributed by atoms with Gasteiger partial charge in [-0.1, -0.05) is 55.6 Å². The molecule has 0 saturated heterocycles. The van der Waals surface area contributed by atoms with Gasteiger partial charge in [-0.3, -0.25) is 0 Å². The van der Waals surface area contributed by atoms with E-state index >= 15 is 0 Å². The molecule has 1 saturated carbocycles. The molecule has 2 aliphatic rings. The molecular weight excluding hydrogens is 409 g/mol. The lowest BCUT2D eigenvalue weighted by molar-refractivity contribution is 0.283. The fraction of sp³-hybridized carbons (Fsp3) is 0.364. The van der Waals surface area contributed by atoms with Crippen molar-refractivity contribution in [2.45, 2.75) is 39.2 Å². The molecule has 2 aromatic rings. The van der Waals surface area contributed by atoms with Crippen molar-refractivity contribution in [3.05, 3.63) is 64.1 Å². The Morgan fingerprint density at radius 2 is 1.68 bits per heavy atom. The lowest BCUT2D eigenvalue weighted by Crippen LogP contribution is -2.37. The largest absolute Gasteiger partial charge is 0.331 e. The van der Waals surface area contributed by atoms with E-state index in [4.69, 9.17) is 40.5 Å². The number of rotatable bonds is 2. The molecule has 0 radical (unpaired) electrons.